The van der Waals surface area contributed by atoms with Gasteiger partial charge in [0.2, 0.25) is 0 Å². The molecule has 0 aliphatic carbocycles. The van der Waals surface area contributed by atoms with Crippen molar-refractivity contribution in [2.45, 2.75) is 25.6 Å². The first-order chi connectivity index (χ1) is 7.47. The number of alkyl halides is 3. The van der Waals surface area contributed by atoms with Gasteiger partial charge in [0.1, 0.15) is 0 Å². The highest BCUT2D eigenvalue weighted by atomic mass is 19.4. The minimum absolute atomic E-state index is 0.0669. The summed E-state index contributed by atoms with van der Waals surface area (Å²) in [6.07, 6.45) is -3.35. The van der Waals surface area contributed by atoms with Crippen molar-refractivity contribution in [1.29, 1.82) is 0 Å². The molecule has 1 nitrogen and oxygen atoms in total. The van der Waals surface area contributed by atoms with E-state index in [2.05, 4.69) is 12.2 Å². The van der Waals surface area contributed by atoms with Crippen molar-refractivity contribution in [2.24, 2.45) is 5.92 Å². The molecule has 1 fully saturated rings. The van der Waals surface area contributed by atoms with Crippen LogP contribution in [0.4, 0.5) is 13.2 Å². The van der Waals surface area contributed by atoms with Crippen LogP contribution in [-0.2, 0) is 6.18 Å². The average molecular weight is 229 g/mol. The molecule has 88 valence electrons. The van der Waals surface area contributed by atoms with Crippen LogP contribution in [0.5, 0.6) is 0 Å². The van der Waals surface area contributed by atoms with Crippen LogP contribution in [-0.4, -0.2) is 6.54 Å². The first-order valence-corrected chi connectivity index (χ1v) is 5.37. The van der Waals surface area contributed by atoms with Gasteiger partial charge in [-0.1, -0.05) is 19.1 Å². The number of hydrogen-bond acceptors (Lipinski definition) is 1. The fraction of sp³-hybridized carbons (Fsp3) is 0.500. The van der Waals surface area contributed by atoms with Crippen molar-refractivity contribution in [3.8, 4) is 0 Å². The lowest BCUT2D eigenvalue weighted by molar-refractivity contribution is -0.137. The molecule has 2 rings (SSSR count). The van der Waals surface area contributed by atoms with Gasteiger partial charge < -0.3 is 5.32 Å². The van der Waals surface area contributed by atoms with Gasteiger partial charge in [0.25, 0.3) is 0 Å². The molecule has 1 N–H and O–H groups in total. The lowest BCUT2D eigenvalue weighted by Crippen LogP contribution is -2.14. The van der Waals surface area contributed by atoms with Crippen LogP contribution in [0.3, 0.4) is 0 Å². The summed E-state index contributed by atoms with van der Waals surface area (Å²) in [5.41, 5.74) is 0.172. The Morgan fingerprint density at radius 1 is 1.31 bits per heavy atom. The summed E-state index contributed by atoms with van der Waals surface area (Å²) in [6, 6.07) is 5.66. The molecule has 16 heavy (non-hydrogen) atoms. The average Bonchev–Trinajstić information content (AvgIpc) is 2.64. The number of nitrogens with one attached hydrogen (secondary N) is 1. The maximum absolute atomic E-state index is 12.5. The Hall–Kier alpha value is -1.03. The molecule has 0 unspecified atom stereocenters. The normalized spacial score (nSPS) is 26.0. The van der Waals surface area contributed by atoms with Crippen LogP contribution < -0.4 is 5.32 Å². The third-order valence-corrected chi connectivity index (χ3v) is 2.97. The zero-order valence-electron chi connectivity index (χ0n) is 9.01. The summed E-state index contributed by atoms with van der Waals surface area (Å²) in [5.74, 6) is 0.527. The van der Waals surface area contributed by atoms with Crippen molar-refractivity contribution < 1.29 is 13.2 Å². The maximum atomic E-state index is 12.5. The minimum Gasteiger partial charge on any atom is -0.310 e. The molecule has 1 heterocycles. The van der Waals surface area contributed by atoms with Crippen molar-refractivity contribution in [3.63, 3.8) is 0 Å². The standard InChI is InChI=1S/C12H14F3N/c1-8-5-11(16-7-8)9-3-2-4-10(6-9)12(13,14)15/h2-4,6,8,11,16H,5,7H2,1H3/t8-,11-/m0/s1. The molecule has 1 aliphatic rings. The van der Waals surface area contributed by atoms with Gasteiger partial charge in [0.05, 0.1) is 5.56 Å². The van der Waals surface area contributed by atoms with Gasteiger partial charge in [-0.05, 0) is 36.6 Å². The molecule has 1 saturated heterocycles. The molecule has 0 amide bonds. The Morgan fingerprint density at radius 2 is 2.06 bits per heavy atom. The predicted octanol–water partition coefficient (Wildman–Crippen LogP) is 3.38. The third-order valence-electron chi connectivity index (χ3n) is 2.97. The van der Waals surface area contributed by atoms with E-state index in [4.69, 9.17) is 0 Å². The van der Waals surface area contributed by atoms with Crippen LogP contribution in [0.2, 0.25) is 0 Å². The first kappa shape index (κ1) is 11.5. The molecule has 4 heteroatoms. The molecule has 0 bridgehead atoms. The van der Waals surface area contributed by atoms with Gasteiger partial charge >= 0.3 is 6.18 Å². The van der Waals surface area contributed by atoms with E-state index < -0.39 is 11.7 Å². The topological polar surface area (TPSA) is 12.0 Å². The Balaban J connectivity index is 2.23. The number of hydrogen-bond donors (Lipinski definition) is 1. The van der Waals surface area contributed by atoms with E-state index in [1.165, 1.54) is 12.1 Å². The molecular formula is C12H14F3N. The summed E-state index contributed by atoms with van der Waals surface area (Å²) < 4.78 is 37.5. The van der Waals surface area contributed by atoms with Crippen molar-refractivity contribution in [1.82, 2.24) is 5.32 Å². The molecule has 1 aromatic carbocycles. The molecule has 0 spiro atoms. The van der Waals surface area contributed by atoms with E-state index in [0.717, 1.165) is 24.6 Å². The van der Waals surface area contributed by atoms with Gasteiger partial charge in [-0.3, -0.25) is 0 Å². The molecule has 1 aliphatic heterocycles. The predicted molar refractivity (Wildman–Crippen MR) is 56.0 cm³/mol. The number of halogens is 3. The SMILES string of the molecule is C[C@@H]1CN[C@H](c2cccc(C(F)(F)F)c2)C1. The van der Waals surface area contributed by atoms with E-state index >= 15 is 0 Å². The van der Waals surface area contributed by atoms with Gasteiger partial charge in [0, 0.05) is 6.04 Å². The van der Waals surface area contributed by atoms with E-state index in [-0.39, 0.29) is 6.04 Å². The van der Waals surface area contributed by atoms with Crippen LogP contribution >= 0.6 is 0 Å². The highest BCUT2D eigenvalue weighted by molar-refractivity contribution is 5.28. The molecule has 1 aromatic rings. The molecule has 0 radical (unpaired) electrons. The van der Waals surface area contributed by atoms with Gasteiger partial charge in [-0.2, -0.15) is 13.2 Å². The van der Waals surface area contributed by atoms with Crippen LogP contribution in [0, 0.1) is 5.92 Å². The maximum Gasteiger partial charge on any atom is 0.416 e. The summed E-state index contributed by atoms with van der Waals surface area (Å²) >= 11 is 0. The van der Waals surface area contributed by atoms with Gasteiger partial charge in [0.15, 0.2) is 0 Å². The first-order valence-electron chi connectivity index (χ1n) is 5.37. The highest BCUT2D eigenvalue weighted by Crippen LogP contribution is 2.33. The second kappa shape index (κ2) is 4.09. The van der Waals surface area contributed by atoms with Crippen LogP contribution in [0.25, 0.3) is 0 Å². The van der Waals surface area contributed by atoms with E-state index in [1.807, 2.05) is 0 Å². The summed E-state index contributed by atoms with van der Waals surface area (Å²) in [4.78, 5) is 0. The van der Waals surface area contributed by atoms with Crippen LogP contribution in [0.15, 0.2) is 24.3 Å². The summed E-state index contributed by atoms with van der Waals surface area (Å²) in [6.45, 7) is 2.97. The second-order valence-electron chi connectivity index (χ2n) is 4.42. The lowest BCUT2D eigenvalue weighted by atomic mass is 9.99. The monoisotopic (exact) mass is 229 g/mol. The molecule has 0 saturated carbocycles. The van der Waals surface area contributed by atoms with Crippen molar-refractivity contribution >= 4 is 0 Å². The number of benzene rings is 1. The van der Waals surface area contributed by atoms with Crippen molar-refractivity contribution in [3.05, 3.63) is 35.4 Å². The molecule has 0 aromatic heterocycles. The zero-order chi connectivity index (χ0) is 11.8. The Bertz CT molecular complexity index is 373. The third kappa shape index (κ3) is 2.38. The van der Waals surface area contributed by atoms with Crippen molar-refractivity contribution in [2.75, 3.05) is 6.54 Å². The summed E-state index contributed by atoms with van der Waals surface area (Å²) in [5, 5.41) is 3.23. The second-order valence-corrected chi connectivity index (χ2v) is 4.42. The fourth-order valence-corrected chi connectivity index (χ4v) is 2.10. The minimum atomic E-state index is -4.25. The van der Waals surface area contributed by atoms with E-state index in [1.54, 1.807) is 6.07 Å². The largest absolute Gasteiger partial charge is 0.416 e. The quantitative estimate of drug-likeness (QED) is 0.778. The van der Waals surface area contributed by atoms with Gasteiger partial charge in [-0.25, -0.2) is 0 Å². The van der Waals surface area contributed by atoms with Crippen LogP contribution in [0.1, 0.15) is 30.5 Å². The molecule has 2 atom stereocenters. The van der Waals surface area contributed by atoms with Gasteiger partial charge in [-0.15, -0.1) is 0 Å². The zero-order valence-corrected chi connectivity index (χ0v) is 9.01. The number of rotatable bonds is 1. The smallest absolute Gasteiger partial charge is 0.310 e. The molecular weight excluding hydrogens is 215 g/mol. The Labute approximate surface area is 92.7 Å². The fourth-order valence-electron chi connectivity index (χ4n) is 2.10. The highest BCUT2D eigenvalue weighted by Gasteiger charge is 2.31. The van der Waals surface area contributed by atoms with E-state index in [9.17, 15) is 13.2 Å². The van der Waals surface area contributed by atoms with E-state index in [0.29, 0.717) is 5.92 Å². The Morgan fingerprint density at radius 3 is 2.62 bits per heavy atom. The lowest BCUT2D eigenvalue weighted by Gasteiger charge is -2.13. The summed E-state index contributed by atoms with van der Waals surface area (Å²) in [7, 11) is 0. The Kier molecular flexibility index (Phi) is 2.93.